The molecule has 1 aliphatic heterocycles. The smallest absolute Gasteiger partial charge is 0.366 e. The first-order chi connectivity index (χ1) is 17.7. The van der Waals surface area contributed by atoms with Crippen LogP contribution in [0.5, 0.6) is 0 Å². The summed E-state index contributed by atoms with van der Waals surface area (Å²) in [6.45, 7) is 4.13. The quantitative estimate of drug-likeness (QED) is 0.323. The van der Waals surface area contributed by atoms with E-state index in [1.807, 2.05) is 24.3 Å². The highest BCUT2D eigenvalue weighted by Gasteiger charge is 2.29. The number of piperazine rings is 1. The van der Waals surface area contributed by atoms with Crippen LogP contribution in [0.25, 0.3) is 11.0 Å². The Bertz CT molecular complexity index is 1340. The van der Waals surface area contributed by atoms with Crippen LogP contribution in [-0.4, -0.2) is 52.9 Å². The number of benzene rings is 3. The number of rotatable bonds is 4. The van der Waals surface area contributed by atoms with Crippen LogP contribution in [0.2, 0.25) is 0 Å². The van der Waals surface area contributed by atoms with E-state index < -0.39 is 0 Å². The maximum absolute atomic E-state index is 13.0. The minimum Gasteiger partial charge on any atom is -0.691 e. The molecular weight excluding hydrogens is 450 g/mol. The molecule has 1 saturated heterocycles. The third-order valence-electron chi connectivity index (χ3n) is 7.96. The number of hydrogen-bond donors (Lipinski definition) is 0. The van der Waals surface area contributed by atoms with Crippen molar-refractivity contribution in [1.82, 2.24) is 14.8 Å². The monoisotopic (exact) mass is 481 g/mol. The average molecular weight is 482 g/mol. The second-order valence-electron chi connectivity index (χ2n) is 9.95. The SMILES string of the molecule is O=C(c1ccc(N2CCN(C3CCC(c4ccccc4)CC3)CC2)cc1)n1n[n+]([O-])c2ccccc21. The summed E-state index contributed by atoms with van der Waals surface area (Å²) in [6.07, 6.45) is 5.12. The lowest BCUT2D eigenvalue weighted by Gasteiger charge is -2.42. The molecule has 1 aromatic heterocycles. The van der Waals surface area contributed by atoms with Gasteiger partial charge in [-0.3, -0.25) is 4.90 Å². The van der Waals surface area contributed by atoms with Crippen molar-refractivity contribution < 1.29 is 9.64 Å². The van der Waals surface area contributed by atoms with E-state index in [-0.39, 0.29) is 5.91 Å². The number of hydrogen-bond acceptors (Lipinski definition) is 5. The molecule has 0 amide bonds. The summed E-state index contributed by atoms with van der Waals surface area (Å²) in [5, 5.41) is 15.9. The highest BCUT2D eigenvalue weighted by Crippen LogP contribution is 2.35. The number of fused-ring (bicyclic) bond motifs is 1. The van der Waals surface area contributed by atoms with Crippen molar-refractivity contribution in [2.24, 2.45) is 0 Å². The number of nitrogens with zero attached hydrogens (tertiary/aromatic N) is 5. The molecule has 2 fully saturated rings. The molecule has 1 aliphatic carbocycles. The average Bonchev–Trinajstić information content (AvgIpc) is 3.30. The lowest BCUT2D eigenvalue weighted by molar-refractivity contribution is -0.645. The van der Waals surface area contributed by atoms with Gasteiger partial charge >= 0.3 is 5.91 Å². The topological polar surface area (TPSA) is 68.3 Å². The van der Waals surface area contributed by atoms with Gasteiger partial charge in [0.2, 0.25) is 11.0 Å². The molecule has 184 valence electrons. The van der Waals surface area contributed by atoms with Crippen LogP contribution < -0.4 is 9.75 Å². The molecule has 0 radical (unpaired) electrons. The summed E-state index contributed by atoms with van der Waals surface area (Å²) in [4.78, 5) is 18.6. The second-order valence-corrected chi connectivity index (χ2v) is 9.95. The van der Waals surface area contributed by atoms with Gasteiger partial charge in [-0.15, -0.1) is 4.85 Å². The van der Waals surface area contributed by atoms with Crippen molar-refractivity contribution in [2.45, 2.75) is 37.6 Å². The van der Waals surface area contributed by atoms with Crippen molar-refractivity contribution in [2.75, 3.05) is 31.1 Å². The molecule has 0 N–H and O–H groups in total. The predicted molar refractivity (Wildman–Crippen MR) is 140 cm³/mol. The molecule has 7 nitrogen and oxygen atoms in total. The number of para-hydroxylation sites is 2. The van der Waals surface area contributed by atoms with Gasteiger partial charge in [0.15, 0.2) is 0 Å². The predicted octanol–water partition coefficient (Wildman–Crippen LogP) is 4.21. The molecular formula is C29H31N5O2. The molecule has 3 aromatic carbocycles. The number of aromatic nitrogens is 3. The molecule has 7 heteroatoms. The van der Waals surface area contributed by atoms with Crippen molar-refractivity contribution >= 4 is 22.6 Å². The van der Waals surface area contributed by atoms with Gasteiger partial charge in [-0.05, 0) is 73.6 Å². The van der Waals surface area contributed by atoms with E-state index in [0.717, 1.165) is 31.9 Å². The minimum absolute atomic E-state index is 0.303. The van der Waals surface area contributed by atoms with Crippen LogP contribution in [0, 0.1) is 5.21 Å². The molecule has 36 heavy (non-hydrogen) atoms. The van der Waals surface area contributed by atoms with Gasteiger partial charge in [0, 0.05) is 37.9 Å². The zero-order valence-electron chi connectivity index (χ0n) is 20.4. The second kappa shape index (κ2) is 9.74. The van der Waals surface area contributed by atoms with Crippen molar-refractivity contribution in [3.05, 3.63) is 95.2 Å². The van der Waals surface area contributed by atoms with E-state index in [4.69, 9.17) is 0 Å². The van der Waals surface area contributed by atoms with Gasteiger partial charge in [0.25, 0.3) is 0 Å². The van der Waals surface area contributed by atoms with Crippen LogP contribution >= 0.6 is 0 Å². The molecule has 4 aromatic rings. The third-order valence-corrected chi connectivity index (χ3v) is 7.96. The fraction of sp³-hybridized carbons (Fsp3) is 0.345. The standard InChI is InChI=1S/C29H31N5O2/c35-29(33-27-8-4-5-9-28(27)34(36)30-33)24-12-16-26(17-13-24)32-20-18-31(19-21-32)25-14-10-23(11-15-25)22-6-2-1-3-7-22/h1-9,12-13,16-17,23,25H,10-11,14-15,18-21H2. The Balaban J connectivity index is 1.05. The fourth-order valence-electron chi connectivity index (χ4n) is 5.91. The Kier molecular flexibility index (Phi) is 6.15. The lowest BCUT2D eigenvalue weighted by Crippen LogP contribution is -2.51. The van der Waals surface area contributed by atoms with Crippen molar-refractivity contribution in [3.8, 4) is 0 Å². The largest absolute Gasteiger partial charge is 0.691 e. The molecule has 0 unspecified atom stereocenters. The fourth-order valence-corrected chi connectivity index (χ4v) is 5.91. The first-order valence-electron chi connectivity index (χ1n) is 12.9. The highest BCUT2D eigenvalue weighted by atomic mass is 16.5. The lowest BCUT2D eigenvalue weighted by atomic mass is 9.81. The zero-order chi connectivity index (χ0) is 24.5. The molecule has 0 bridgehead atoms. The molecule has 2 aliphatic rings. The van der Waals surface area contributed by atoms with E-state index in [1.54, 1.807) is 24.3 Å². The van der Waals surface area contributed by atoms with Crippen LogP contribution in [0.1, 0.15) is 47.5 Å². The molecule has 0 spiro atoms. The van der Waals surface area contributed by atoms with E-state index in [1.165, 1.54) is 35.9 Å². The van der Waals surface area contributed by atoms with E-state index in [0.29, 0.717) is 33.4 Å². The Hall–Kier alpha value is -3.71. The van der Waals surface area contributed by atoms with Crippen molar-refractivity contribution in [3.63, 3.8) is 0 Å². The van der Waals surface area contributed by atoms with Crippen LogP contribution in [-0.2, 0) is 0 Å². The molecule has 6 rings (SSSR count). The van der Waals surface area contributed by atoms with Crippen LogP contribution in [0.4, 0.5) is 5.69 Å². The number of carbonyl (C=O) groups excluding carboxylic acids is 1. The van der Waals surface area contributed by atoms with Gasteiger partial charge in [0.05, 0.1) is 5.56 Å². The Morgan fingerprint density at radius 3 is 2.19 bits per heavy atom. The molecule has 1 saturated carbocycles. The Labute approximate surface area is 211 Å². The van der Waals surface area contributed by atoms with E-state index >= 15 is 0 Å². The number of carbonyl (C=O) groups is 1. The van der Waals surface area contributed by atoms with Crippen LogP contribution in [0.3, 0.4) is 0 Å². The van der Waals surface area contributed by atoms with E-state index in [9.17, 15) is 10.0 Å². The first kappa shape index (κ1) is 22.7. The van der Waals surface area contributed by atoms with Crippen LogP contribution in [0.15, 0.2) is 78.9 Å². The van der Waals surface area contributed by atoms with Gasteiger partial charge in [-0.2, -0.15) is 0 Å². The third kappa shape index (κ3) is 4.35. The maximum atomic E-state index is 13.0. The summed E-state index contributed by atoms with van der Waals surface area (Å²) >= 11 is 0. The molecule has 0 atom stereocenters. The van der Waals surface area contributed by atoms with Crippen molar-refractivity contribution in [1.29, 1.82) is 0 Å². The zero-order valence-corrected chi connectivity index (χ0v) is 20.4. The highest BCUT2D eigenvalue weighted by molar-refractivity contribution is 5.99. The number of anilines is 1. The Morgan fingerprint density at radius 2 is 1.47 bits per heavy atom. The van der Waals surface area contributed by atoms with Gasteiger partial charge < -0.3 is 10.1 Å². The Morgan fingerprint density at radius 1 is 0.806 bits per heavy atom. The first-order valence-corrected chi connectivity index (χ1v) is 12.9. The summed E-state index contributed by atoms with van der Waals surface area (Å²) < 4.78 is 1.18. The summed E-state index contributed by atoms with van der Waals surface area (Å²) in [5.74, 6) is 0.409. The van der Waals surface area contributed by atoms with Gasteiger partial charge in [-0.1, -0.05) is 47.1 Å². The van der Waals surface area contributed by atoms with Gasteiger partial charge in [0.1, 0.15) is 5.21 Å². The molecule has 2 heterocycles. The van der Waals surface area contributed by atoms with E-state index in [2.05, 4.69) is 45.3 Å². The normalized spacial score (nSPS) is 21.1. The maximum Gasteiger partial charge on any atom is 0.366 e. The van der Waals surface area contributed by atoms with Gasteiger partial charge in [-0.25, -0.2) is 4.79 Å². The summed E-state index contributed by atoms with van der Waals surface area (Å²) in [6, 6.07) is 26.3. The summed E-state index contributed by atoms with van der Waals surface area (Å²) in [5.41, 5.74) is 4.03. The summed E-state index contributed by atoms with van der Waals surface area (Å²) in [7, 11) is 0. The minimum atomic E-state index is -0.303.